The number of carbonyl (C=O) groups excluding carboxylic acids is 2. The van der Waals surface area contributed by atoms with Crippen LogP contribution in [0.25, 0.3) is 0 Å². The summed E-state index contributed by atoms with van der Waals surface area (Å²) < 4.78 is 0. The van der Waals surface area contributed by atoms with Gasteiger partial charge in [-0.2, -0.15) is 0 Å². The Hall–Kier alpha value is -1.58. The van der Waals surface area contributed by atoms with E-state index in [1.54, 1.807) is 27.7 Å². The van der Waals surface area contributed by atoms with Crippen LogP contribution in [0.2, 0.25) is 0 Å². The van der Waals surface area contributed by atoms with Gasteiger partial charge in [0, 0.05) is 24.0 Å². The summed E-state index contributed by atoms with van der Waals surface area (Å²) in [5.41, 5.74) is 0. The molecule has 0 unspecified atom stereocenters. The predicted octanol–water partition coefficient (Wildman–Crippen LogP) is 2.32. The van der Waals surface area contributed by atoms with Crippen LogP contribution in [-0.4, -0.2) is 21.8 Å². The van der Waals surface area contributed by atoms with Gasteiger partial charge >= 0.3 is 0 Å². The van der Waals surface area contributed by atoms with Crippen molar-refractivity contribution < 1.29 is 19.8 Å². The van der Waals surface area contributed by atoms with Gasteiger partial charge in [-0.15, -0.1) is 0 Å². The molecular formula is C12H18O4. The van der Waals surface area contributed by atoms with Crippen LogP contribution in [0.5, 0.6) is 0 Å². The molecule has 0 aliphatic carbocycles. The normalized spacial score (nSPS) is 13.4. The lowest BCUT2D eigenvalue weighted by atomic mass is 10.1. The van der Waals surface area contributed by atoms with Crippen LogP contribution < -0.4 is 0 Å². The number of rotatable bonds is 5. The summed E-state index contributed by atoms with van der Waals surface area (Å²) >= 11 is 0. The average molecular weight is 226 g/mol. The maximum atomic E-state index is 11.2. The number of aliphatic hydroxyl groups is 2. The minimum Gasteiger partial charge on any atom is -0.504 e. The lowest BCUT2D eigenvalue weighted by molar-refractivity contribution is -0.118. The van der Waals surface area contributed by atoms with Gasteiger partial charge in [0.1, 0.15) is 0 Å². The zero-order valence-electron chi connectivity index (χ0n) is 10.0. The van der Waals surface area contributed by atoms with E-state index in [1.165, 1.54) is 0 Å². The fourth-order valence-corrected chi connectivity index (χ4v) is 0.751. The highest BCUT2D eigenvalue weighted by Gasteiger charge is 2.11. The lowest BCUT2D eigenvalue weighted by Gasteiger charge is -2.02. The number of allylic oxidation sites excluding steroid dienone is 2. The van der Waals surface area contributed by atoms with Crippen molar-refractivity contribution in [2.75, 3.05) is 0 Å². The average Bonchev–Trinajstić information content (AvgIpc) is 2.16. The van der Waals surface area contributed by atoms with E-state index in [0.29, 0.717) is 0 Å². The molecule has 0 aliphatic heterocycles. The second-order valence-corrected chi connectivity index (χ2v) is 4.17. The van der Waals surface area contributed by atoms with Crippen molar-refractivity contribution in [1.29, 1.82) is 0 Å². The molecule has 0 radical (unpaired) electrons. The first-order valence-corrected chi connectivity index (χ1v) is 5.15. The van der Waals surface area contributed by atoms with Crippen LogP contribution in [-0.2, 0) is 9.59 Å². The van der Waals surface area contributed by atoms with Gasteiger partial charge in [0.15, 0.2) is 23.1 Å². The third-order valence-corrected chi connectivity index (χ3v) is 1.96. The van der Waals surface area contributed by atoms with Crippen molar-refractivity contribution in [2.24, 2.45) is 11.8 Å². The van der Waals surface area contributed by atoms with Gasteiger partial charge in [0.2, 0.25) is 0 Å². The van der Waals surface area contributed by atoms with E-state index in [0.717, 1.165) is 12.2 Å². The van der Waals surface area contributed by atoms with Gasteiger partial charge in [-0.1, -0.05) is 27.7 Å². The summed E-state index contributed by atoms with van der Waals surface area (Å²) in [4.78, 5) is 22.4. The number of hydrogen-bond donors (Lipinski definition) is 2. The molecule has 0 heterocycles. The molecule has 0 spiro atoms. The molecule has 0 aromatic heterocycles. The van der Waals surface area contributed by atoms with Crippen LogP contribution in [0.15, 0.2) is 23.7 Å². The highest BCUT2D eigenvalue weighted by atomic mass is 16.3. The Bertz CT molecular complexity index is 301. The molecule has 0 aromatic rings. The van der Waals surface area contributed by atoms with E-state index in [4.69, 9.17) is 0 Å². The fourth-order valence-electron chi connectivity index (χ4n) is 0.751. The maximum absolute atomic E-state index is 11.2. The Morgan fingerprint density at radius 1 is 0.812 bits per heavy atom. The number of hydrogen-bond acceptors (Lipinski definition) is 4. The Kier molecular flexibility index (Phi) is 5.50. The first-order chi connectivity index (χ1) is 7.25. The summed E-state index contributed by atoms with van der Waals surface area (Å²) in [5, 5.41) is 18.7. The second kappa shape index (κ2) is 6.10. The van der Waals surface area contributed by atoms with Crippen molar-refractivity contribution in [3.8, 4) is 0 Å². The van der Waals surface area contributed by atoms with Crippen molar-refractivity contribution in [1.82, 2.24) is 0 Å². The molecule has 0 bridgehead atoms. The standard InChI is InChI=1S/C12H18O4/c1-7(2)9(13)5-11(15)12(16)6-10(14)8(3)4/h5-8,15-16H,1-4H3/b11-5-,12-6-. The highest BCUT2D eigenvalue weighted by Crippen LogP contribution is 2.07. The van der Waals surface area contributed by atoms with Gasteiger partial charge in [-0.25, -0.2) is 0 Å². The van der Waals surface area contributed by atoms with Crippen molar-refractivity contribution in [2.45, 2.75) is 27.7 Å². The van der Waals surface area contributed by atoms with E-state index in [9.17, 15) is 19.8 Å². The Morgan fingerprint density at radius 2 is 1.06 bits per heavy atom. The number of aliphatic hydroxyl groups excluding tert-OH is 2. The molecule has 2 N–H and O–H groups in total. The van der Waals surface area contributed by atoms with E-state index in [2.05, 4.69) is 0 Å². The predicted molar refractivity (Wildman–Crippen MR) is 61.1 cm³/mol. The third kappa shape index (κ3) is 4.77. The van der Waals surface area contributed by atoms with E-state index in [-0.39, 0.29) is 23.4 Å². The quantitative estimate of drug-likeness (QED) is 0.428. The molecular weight excluding hydrogens is 208 g/mol. The molecule has 0 rings (SSSR count). The van der Waals surface area contributed by atoms with Crippen molar-refractivity contribution in [3.05, 3.63) is 23.7 Å². The van der Waals surface area contributed by atoms with E-state index < -0.39 is 11.5 Å². The summed E-state index contributed by atoms with van der Waals surface area (Å²) in [7, 11) is 0. The largest absolute Gasteiger partial charge is 0.504 e. The smallest absolute Gasteiger partial charge is 0.162 e. The molecule has 4 heteroatoms. The molecule has 0 saturated heterocycles. The van der Waals surface area contributed by atoms with Gasteiger partial charge in [-0.05, 0) is 0 Å². The summed E-state index contributed by atoms with van der Waals surface area (Å²) in [6, 6.07) is 0. The molecule has 0 amide bonds. The summed E-state index contributed by atoms with van der Waals surface area (Å²) in [5.74, 6) is -2.31. The zero-order chi connectivity index (χ0) is 12.9. The minimum atomic E-state index is -0.576. The Balaban J connectivity index is 4.80. The van der Waals surface area contributed by atoms with Gasteiger partial charge < -0.3 is 10.2 Å². The second-order valence-electron chi connectivity index (χ2n) is 4.17. The van der Waals surface area contributed by atoms with Gasteiger partial charge in [0.05, 0.1) is 0 Å². The lowest BCUT2D eigenvalue weighted by Crippen LogP contribution is -2.07. The molecule has 16 heavy (non-hydrogen) atoms. The molecule has 0 aromatic carbocycles. The minimum absolute atomic E-state index is 0.268. The highest BCUT2D eigenvalue weighted by molar-refractivity contribution is 5.94. The molecule has 0 saturated carbocycles. The van der Waals surface area contributed by atoms with Crippen molar-refractivity contribution >= 4 is 11.6 Å². The molecule has 0 aliphatic rings. The number of carbonyl (C=O) groups is 2. The zero-order valence-corrected chi connectivity index (χ0v) is 10.0. The third-order valence-electron chi connectivity index (χ3n) is 1.96. The van der Waals surface area contributed by atoms with Crippen LogP contribution in [0.4, 0.5) is 0 Å². The summed E-state index contributed by atoms with van der Waals surface area (Å²) in [6.07, 6.45) is 1.84. The van der Waals surface area contributed by atoms with Gasteiger partial charge in [0.25, 0.3) is 0 Å². The first kappa shape index (κ1) is 14.4. The molecule has 0 atom stereocenters. The maximum Gasteiger partial charge on any atom is 0.162 e. The van der Waals surface area contributed by atoms with E-state index in [1.807, 2.05) is 0 Å². The van der Waals surface area contributed by atoms with Crippen LogP contribution in [0, 0.1) is 11.8 Å². The number of ketones is 2. The topological polar surface area (TPSA) is 74.6 Å². The monoisotopic (exact) mass is 226 g/mol. The van der Waals surface area contributed by atoms with Crippen LogP contribution in [0.1, 0.15) is 27.7 Å². The molecule has 0 fully saturated rings. The van der Waals surface area contributed by atoms with Crippen LogP contribution in [0.3, 0.4) is 0 Å². The van der Waals surface area contributed by atoms with Gasteiger partial charge in [-0.3, -0.25) is 9.59 Å². The molecule has 90 valence electrons. The SMILES string of the molecule is CC(C)C(=O)/C=C(O)/C(O)=C/C(=O)C(C)C. The Labute approximate surface area is 95.3 Å². The molecule has 4 nitrogen and oxygen atoms in total. The van der Waals surface area contributed by atoms with Crippen LogP contribution >= 0.6 is 0 Å². The first-order valence-electron chi connectivity index (χ1n) is 5.15. The summed E-state index contributed by atoms with van der Waals surface area (Å²) in [6.45, 7) is 6.69. The Morgan fingerprint density at radius 3 is 1.25 bits per heavy atom. The van der Waals surface area contributed by atoms with Crippen molar-refractivity contribution in [3.63, 3.8) is 0 Å². The fraction of sp³-hybridized carbons (Fsp3) is 0.500. The van der Waals surface area contributed by atoms with E-state index >= 15 is 0 Å².